The van der Waals surface area contributed by atoms with Gasteiger partial charge in [0.2, 0.25) is 9.84 Å². The van der Waals surface area contributed by atoms with Gasteiger partial charge < -0.3 is 14.8 Å². The highest BCUT2D eigenvalue weighted by Gasteiger charge is 2.25. The molecule has 0 aliphatic rings. The molecule has 0 fully saturated rings. The molecule has 8 nitrogen and oxygen atoms in total. The lowest BCUT2D eigenvalue weighted by atomic mass is 10.2. The molecule has 1 heterocycles. The van der Waals surface area contributed by atoms with E-state index in [-0.39, 0.29) is 21.2 Å². The summed E-state index contributed by atoms with van der Waals surface area (Å²) < 4.78 is 37.0. The summed E-state index contributed by atoms with van der Waals surface area (Å²) in [6.07, 6.45) is 0.598. The minimum Gasteiger partial charge on any atom is -0.456 e. The second-order valence-electron chi connectivity index (χ2n) is 8.61. The number of carbonyl (C=O) groups excluding carboxylic acids is 2. The zero-order valence-corrected chi connectivity index (χ0v) is 21.3. The Labute approximate surface area is 194 Å². The predicted molar refractivity (Wildman–Crippen MR) is 120 cm³/mol. The third-order valence-electron chi connectivity index (χ3n) is 3.40. The van der Waals surface area contributed by atoms with E-state index in [1.54, 1.807) is 41.5 Å². The molecule has 0 unspecified atom stereocenters. The lowest BCUT2D eigenvalue weighted by Crippen LogP contribution is -2.32. The van der Waals surface area contributed by atoms with Gasteiger partial charge in [-0.2, -0.15) is 0 Å². The normalized spacial score (nSPS) is 12.4. The van der Waals surface area contributed by atoms with Crippen molar-refractivity contribution in [1.82, 2.24) is 10.3 Å². The molecule has 2 aromatic rings. The van der Waals surface area contributed by atoms with Crippen LogP contribution in [0.3, 0.4) is 0 Å². The number of hydrogen-bond donors (Lipinski definition) is 1. The van der Waals surface area contributed by atoms with Gasteiger partial charge in [-0.1, -0.05) is 15.9 Å². The van der Waals surface area contributed by atoms with Crippen LogP contribution in [0.2, 0.25) is 0 Å². The summed E-state index contributed by atoms with van der Waals surface area (Å²) in [4.78, 5) is 28.2. The lowest BCUT2D eigenvalue weighted by Gasteiger charge is -2.19. The van der Waals surface area contributed by atoms with Crippen molar-refractivity contribution in [3.05, 3.63) is 39.4 Å². The molecule has 0 radical (unpaired) electrons. The first-order valence-electron chi connectivity index (χ1n) is 9.27. The van der Waals surface area contributed by atoms with Crippen LogP contribution in [-0.4, -0.2) is 36.7 Å². The maximum absolute atomic E-state index is 13.1. The van der Waals surface area contributed by atoms with Crippen LogP contribution in [0.4, 0.5) is 4.79 Å². The Hall–Kier alpha value is -1.98. The topological polar surface area (TPSA) is 112 Å². The number of aromatic nitrogens is 1. The van der Waals surface area contributed by atoms with Crippen LogP contribution in [-0.2, 0) is 25.9 Å². The van der Waals surface area contributed by atoms with Gasteiger partial charge in [0, 0.05) is 4.47 Å². The number of esters is 1. The number of alkyl carbamates (subject to hydrolysis) is 1. The molecule has 0 bridgehead atoms. The first-order valence-corrected chi connectivity index (χ1v) is 12.4. The third kappa shape index (κ3) is 7.58. The fourth-order valence-corrected chi connectivity index (χ4v) is 5.49. The number of sulfone groups is 1. The molecule has 170 valence electrons. The second kappa shape index (κ2) is 9.25. The molecule has 0 aliphatic carbocycles. The van der Waals surface area contributed by atoms with Crippen molar-refractivity contribution in [2.75, 3.05) is 0 Å². The van der Waals surface area contributed by atoms with Crippen LogP contribution < -0.4 is 5.32 Å². The quantitative estimate of drug-likeness (QED) is 0.554. The largest absolute Gasteiger partial charge is 0.456 e. The van der Waals surface area contributed by atoms with E-state index in [1.165, 1.54) is 24.4 Å². The molecule has 31 heavy (non-hydrogen) atoms. The van der Waals surface area contributed by atoms with E-state index < -0.39 is 33.1 Å². The highest BCUT2D eigenvalue weighted by atomic mass is 79.9. The first kappa shape index (κ1) is 25.3. The Morgan fingerprint density at radius 1 is 1.06 bits per heavy atom. The number of nitrogens with one attached hydrogen (secondary N) is 1. The van der Waals surface area contributed by atoms with E-state index in [9.17, 15) is 18.0 Å². The SMILES string of the molecule is CC(C)(C)OC(=O)NCc1ncc(S(=O)(=O)c2cc(Br)cc(C(=O)OC(C)(C)C)c2)s1. The van der Waals surface area contributed by atoms with Gasteiger partial charge in [-0.25, -0.2) is 23.0 Å². The standard InChI is InChI=1S/C20H25BrN2O6S2/c1-19(2,3)28-17(24)12-7-13(21)9-14(8-12)31(26,27)16-11-22-15(30-16)10-23-18(25)29-20(4,5)6/h7-9,11H,10H2,1-6H3,(H,23,25). The molecule has 1 amide bonds. The van der Waals surface area contributed by atoms with Gasteiger partial charge in [0.15, 0.2) is 0 Å². The molecule has 0 atom stereocenters. The number of rotatable bonds is 5. The second-order valence-corrected chi connectivity index (χ2v) is 12.8. The van der Waals surface area contributed by atoms with E-state index in [0.29, 0.717) is 9.48 Å². The molecule has 0 aliphatic heterocycles. The van der Waals surface area contributed by atoms with Gasteiger partial charge in [-0.3, -0.25) is 0 Å². The van der Waals surface area contributed by atoms with E-state index in [1.807, 2.05) is 0 Å². The summed E-state index contributed by atoms with van der Waals surface area (Å²) >= 11 is 4.17. The highest BCUT2D eigenvalue weighted by Crippen LogP contribution is 2.29. The molecule has 1 aromatic carbocycles. The molecule has 0 spiro atoms. The Balaban J connectivity index is 2.23. The molecule has 1 N–H and O–H groups in total. The minimum absolute atomic E-state index is 0.0123. The lowest BCUT2D eigenvalue weighted by molar-refractivity contribution is 0.00688. The van der Waals surface area contributed by atoms with Crippen LogP contribution in [0.5, 0.6) is 0 Å². The fourth-order valence-electron chi connectivity index (χ4n) is 2.25. The Kier molecular flexibility index (Phi) is 7.55. The smallest absolute Gasteiger partial charge is 0.408 e. The number of thiazole rings is 1. The first-order chi connectivity index (χ1) is 14.1. The number of halogens is 1. The molecule has 2 rings (SSSR count). The molecule has 0 saturated heterocycles. The van der Waals surface area contributed by atoms with Crippen molar-refractivity contribution in [3.8, 4) is 0 Å². The van der Waals surface area contributed by atoms with Crippen LogP contribution in [0.15, 0.2) is 38.0 Å². The molecule has 11 heteroatoms. The van der Waals surface area contributed by atoms with Crippen molar-refractivity contribution in [1.29, 1.82) is 0 Å². The van der Waals surface area contributed by atoms with Gasteiger partial charge in [-0.15, -0.1) is 11.3 Å². The van der Waals surface area contributed by atoms with Gasteiger partial charge in [0.1, 0.15) is 20.4 Å². The predicted octanol–water partition coefficient (Wildman–Crippen LogP) is 4.72. The third-order valence-corrected chi connectivity index (χ3v) is 7.05. The van der Waals surface area contributed by atoms with Crippen molar-refractivity contribution >= 4 is 49.2 Å². The van der Waals surface area contributed by atoms with Crippen molar-refractivity contribution in [2.45, 2.75) is 68.4 Å². The molecule has 1 aromatic heterocycles. The Bertz CT molecular complexity index is 1080. The van der Waals surface area contributed by atoms with Gasteiger partial charge in [0.25, 0.3) is 0 Å². The number of hydrogen-bond acceptors (Lipinski definition) is 8. The minimum atomic E-state index is -3.93. The number of nitrogens with zero attached hydrogens (tertiary/aromatic N) is 1. The monoisotopic (exact) mass is 532 g/mol. The van der Waals surface area contributed by atoms with Crippen LogP contribution >= 0.6 is 27.3 Å². The maximum atomic E-state index is 13.1. The number of benzene rings is 1. The summed E-state index contributed by atoms with van der Waals surface area (Å²) in [5.74, 6) is -0.628. The van der Waals surface area contributed by atoms with Crippen LogP contribution in [0, 0.1) is 0 Å². The van der Waals surface area contributed by atoms with E-state index >= 15 is 0 Å². The zero-order chi connectivity index (χ0) is 23.6. The van der Waals surface area contributed by atoms with Crippen LogP contribution in [0.25, 0.3) is 0 Å². The average molecular weight is 533 g/mol. The molecular weight excluding hydrogens is 508 g/mol. The summed E-state index contributed by atoms with van der Waals surface area (Å²) in [6, 6.07) is 4.17. The zero-order valence-electron chi connectivity index (χ0n) is 18.1. The molecular formula is C20H25BrN2O6S2. The average Bonchev–Trinajstić information content (AvgIpc) is 3.06. The Morgan fingerprint density at radius 3 is 2.26 bits per heavy atom. The molecule has 0 saturated carbocycles. The maximum Gasteiger partial charge on any atom is 0.408 e. The van der Waals surface area contributed by atoms with Gasteiger partial charge >= 0.3 is 12.1 Å². The van der Waals surface area contributed by atoms with Crippen LogP contribution in [0.1, 0.15) is 56.9 Å². The fraction of sp³-hybridized carbons (Fsp3) is 0.450. The van der Waals surface area contributed by atoms with Gasteiger partial charge in [0.05, 0.1) is 23.2 Å². The van der Waals surface area contributed by atoms with Crippen molar-refractivity contribution in [3.63, 3.8) is 0 Å². The Morgan fingerprint density at radius 2 is 1.68 bits per heavy atom. The van der Waals surface area contributed by atoms with E-state index in [2.05, 4.69) is 26.2 Å². The summed E-state index contributed by atoms with van der Waals surface area (Å²) in [5, 5.41) is 2.93. The van der Waals surface area contributed by atoms with Crippen molar-refractivity contribution in [2.24, 2.45) is 0 Å². The summed E-state index contributed by atoms with van der Waals surface area (Å²) in [5.41, 5.74) is -1.25. The number of amides is 1. The summed E-state index contributed by atoms with van der Waals surface area (Å²) in [7, 11) is -3.93. The number of carbonyl (C=O) groups is 2. The van der Waals surface area contributed by atoms with Crippen molar-refractivity contribution < 1.29 is 27.5 Å². The van der Waals surface area contributed by atoms with E-state index in [4.69, 9.17) is 9.47 Å². The van der Waals surface area contributed by atoms with Gasteiger partial charge in [-0.05, 0) is 59.7 Å². The number of ether oxygens (including phenoxy) is 2. The van der Waals surface area contributed by atoms with E-state index in [0.717, 1.165) is 11.3 Å². The highest BCUT2D eigenvalue weighted by molar-refractivity contribution is 9.10. The summed E-state index contributed by atoms with van der Waals surface area (Å²) in [6.45, 7) is 10.4.